The molecule has 0 aliphatic rings. The van der Waals surface area contributed by atoms with Crippen LogP contribution in [-0.4, -0.2) is 6.61 Å². The monoisotopic (exact) mass is 172 g/mol. The lowest BCUT2D eigenvalue weighted by Gasteiger charge is -1.91. The molecule has 0 saturated heterocycles. The Labute approximate surface area is 59.9 Å². The quantitative estimate of drug-likeness (QED) is 0.469. The fourth-order valence-electron chi connectivity index (χ4n) is 0.185. The van der Waals surface area contributed by atoms with Crippen LogP contribution in [0.5, 0.6) is 0 Å². The first-order chi connectivity index (χ1) is 3.77. The molecule has 0 aromatic rings. The van der Waals surface area contributed by atoms with Gasteiger partial charge >= 0.3 is 0 Å². The molecule has 0 fully saturated rings. The van der Waals surface area contributed by atoms with E-state index in [1.165, 1.54) is 6.26 Å². The summed E-state index contributed by atoms with van der Waals surface area (Å²) >= 11 is 10.8. The molecule has 48 valence electrons. The second-order valence-corrected chi connectivity index (χ2v) is 4.52. The topological polar surface area (TPSA) is 9.23 Å². The first-order valence-corrected chi connectivity index (χ1v) is 5.38. The zero-order valence-corrected chi connectivity index (χ0v) is 6.88. The molecule has 0 aromatic heterocycles. The van der Waals surface area contributed by atoms with Crippen LogP contribution in [0.15, 0.2) is 12.1 Å². The van der Waals surface area contributed by atoms with Gasteiger partial charge in [0.2, 0.25) is 0 Å². The Balaban J connectivity index is 3.07. The summed E-state index contributed by atoms with van der Waals surface area (Å²) in [4.78, 5) is 0. The summed E-state index contributed by atoms with van der Waals surface area (Å²) in [6.45, 7) is 1.58. The molecule has 0 aliphatic heterocycles. The van der Waals surface area contributed by atoms with E-state index < -0.39 is 6.63 Å². The first kappa shape index (κ1) is 8.55. The molecule has 8 heavy (non-hydrogen) atoms. The number of hydrogen-bond acceptors (Lipinski definition) is 1. The Morgan fingerprint density at radius 2 is 2.25 bits per heavy atom. The Hall–Kier alpha value is 0.550. The Morgan fingerprint density at radius 1 is 1.62 bits per heavy atom. The highest BCUT2D eigenvalue weighted by atomic mass is 35.9. The zero-order valence-electron chi connectivity index (χ0n) is 4.47. The fraction of sp³-hybridized carbons (Fsp3) is 0.500. The van der Waals surface area contributed by atoms with E-state index in [4.69, 9.17) is 27.2 Å². The van der Waals surface area contributed by atoms with E-state index in [1.807, 2.05) is 6.92 Å². The van der Waals surface area contributed by atoms with E-state index in [2.05, 4.69) is 0 Å². The van der Waals surface area contributed by atoms with Gasteiger partial charge in [-0.3, -0.25) is 0 Å². The molecule has 0 rings (SSSR count). The third-order valence-corrected chi connectivity index (χ3v) is 1.46. The number of halogens is 2. The van der Waals surface area contributed by atoms with Crippen molar-refractivity contribution in [1.82, 2.24) is 0 Å². The van der Waals surface area contributed by atoms with Crippen LogP contribution in [0.25, 0.3) is 0 Å². The molecular weight excluding hydrogens is 166 g/mol. The summed E-state index contributed by atoms with van der Waals surface area (Å²) in [5, 5.41) is 0. The van der Waals surface area contributed by atoms with Crippen LogP contribution in [0.1, 0.15) is 6.92 Å². The summed E-state index contributed by atoms with van der Waals surface area (Å²) < 4.78 is 4.81. The van der Waals surface area contributed by atoms with Crippen molar-refractivity contribution in [1.29, 1.82) is 0 Å². The third kappa shape index (κ3) is 6.55. The van der Waals surface area contributed by atoms with Crippen LogP contribution in [0, 0.1) is 0 Å². The van der Waals surface area contributed by atoms with E-state index in [1.54, 1.807) is 5.82 Å². The van der Waals surface area contributed by atoms with Gasteiger partial charge in [-0.2, -0.15) is 0 Å². The average molecular weight is 173 g/mol. The van der Waals surface area contributed by atoms with Crippen LogP contribution in [0.4, 0.5) is 0 Å². The second kappa shape index (κ2) is 5.68. The Bertz CT molecular complexity index is 74.4. The maximum atomic E-state index is 5.38. The highest BCUT2D eigenvalue weighted by Gasteiger charge is 1.86. The largest absolute Gasteiger partial charge is 0.501 e. The Kier molecular flexibility index (Phi) is 6.07. The molecule has 0 N–H and O–H groups in total. The molecule has 1 nitrogen and oxygen atoms in total. The minimum Gasteiger partial charge on any atom is -0.501 e. The van der Waals surface area contributed by atoms with Crippen LogP contribution < -0.4 is 0 Å². The second-order valence-electron chi connectivity index (χ2n) is 1.000. The van der Waals surface area contributed by atoms with Crippen LogP contribution in [-0.2, 0) is 4.74 Å². The molecular formula is C4H7Cl2OP. The summed E-state index contributed by atoms with van der Waals surface area (Å²) in [7, 11) is 0. The van der Waals surface area contributed by atoms with Crippen molar-refractivity contribution in [2.24, 2.45) is 0 Å². The van der Waals surface area contributed by atoms with Crippen molar-refractivity contribution in [3.05, 3.63) is 12.1 Å². The smallest absolute Gasteiger partial charge is 0.112 e. The predicted octanol–water partition coefficient (Wildman–Crippen LogP) is 3.28. The van der Waals surface area contributed by atoms with Gasteiger partial charge in [0.1, 0.15) is 6.63 Å². The Morgan fingerprint density at radius 3 is 2.62 bits per heavy atom. The molecule has 4 heteroatoms. The first-order valence-electron chi connectivity index (χ1n) is 2.16. The van der Waals surface area contributed by atoms with Crippen molar-refractivity contribution in [2.45, 2.75) is 6.92 Å². The van der Waals surface area contributed by atoms with Crippen LogP contribution in [0.3, 0.4) is 0 Å². The molecule has 0 atom stereocenters. The molecule has 0 amide bonds. The van der Waals surface area contributed by atoms with E-state index in [9.17, 15) is 0 Å². The molecule has 0 aliphatic carbocycles. The van der Waals surface area contributed by atoms with Gasteiger partial charge in [-0.1, -0.05) is 22.5 Å². The van der Waals surface area contributed by atoms with Crippen LogP contribution in [0.2, 0.25) is 0 Å². The van der Waals surface area contributed by atoms with E-state index >= 15 is 0 Å². The maximum Gasteiger partial charge on any atom is 0.112 e. The van der Waals surface area contributed by atoms with Gasteiger partial charge < -0.3 is 4.74 Å². The fourth-order valence-corrected chi connectivity index (χ4v) is 0.639. The van der Waals surface area contributed by atoms with E-state index in [-0.39, 0.29) is 0 Å². The van der Waals surface area contributed by atoms with Gasteiger partial charge in [0, 0.05) is 5.82 Å². The van der Waals surface area contributed by atoms with Crippen molar-refractivity contribution in [3.63, 3.8) is 0 Å². The summed E-state index contributed by atoms with van der Waals surface area (Å²) in [6.07, 6.45) is 1.52. The number of ether oxygens (including phenoxy) is 1. The van der Waals surface area contributed by atoms with Gasteiger partial charge in [-0.25, -0.2) is 0 Å². The third-order valence-electron chi connectivity index (χ3n) is 0.436. The highest BCUT2D eigenvalue weighted by molar-refractivity contribution is 8.06. The van der Waals surface area contributed by atoms with E-state index in [0.29, 0.717) is 6.61 Å². The number of rotatable bonds is 3. The van der Waals surface area contributed by atoms with Gasteiger partial charge in [0.05, 0.1) is 12.9 Å². The van der Waals surface area contributed by atoms with Crippen LogP contribution >= 0.6 is 29.1 Å². The average Bonchev–Trinajstić information content (AvgIpc) is 1.66. The summed E-state index contributed by atoms with van der Waals surface area (Å²) in [6, 6.07) is 0. The minimum atomic E-state index is -0.973. The molecule has 0 heterocycles. The SMILES string of the molecule is CCOC=CP(Cl)Cl. The standard InChI is InChI=1S/C4H7Cl2OP/c1-2-7-3-4-8(5)6/h3-4H,2H2,1H3. The molecule has 0 unspecified atom stereocenters. The number of hydrogen-bond donors (Lipinski definition) is 0. The zero-order chi connectivity index (χ0) is 6.41. The van der Waals surface area contributed by atoms with Crippen molar-refractivity contribution in [3.8, 4) is 0 Å². The molecule has 0 saturated carbocycles. The lowest BCUT2D eigenvalue weighted by atomic mass is 10.9. The van der Waals surface area contributed by atoms with Crippen molar-refractivity contribution in [2.75, 3.05) is 6.61 Å². The summed E-state index contributed by atoms with van der Waals surface area (Å²) in [5.74, 6) is 1.63. The molecule has 0 radical (unpaired) electrons. The summed E-state index contributed by atoms with van der Waals surface area (Å²) in [5.41, 5.74) is 0. The lowest BCUT2D eigenvalue weighted by Crippen LogP contribution is -1.73. The van der Waals surface area contributed by atoms with E-state index in [0.717, 1.165) is 0 Å². The normalized spacial score (nSPS) is 11.0. The van der Waals surface area contributed by atoms with Crippen molar-refractivity contribution >= 4 is 29.1 Å². The van der Waals surface area contributed by atoms with Gasteiger partial charge in [0.25, 0.3) is 0 Å². The van der Waals surface area contributed by atoms with Crippen molar-refractivity contribution < 1.29 is 4.74 Å². The molecule has 0 bridgehead atoms. The molecule has 0 spiro atoms. The van der Waals surface area contributed by atoms with Gasteiger partial charge in [-0.15, -0.1) is 0 Å². The highest BCUT2D eigenvalue weighted by Crippen LogP contribution is 2.47. The predicted molar refractivity (Wildman–Crippen MR) is 39.4 cm³/mol. The van der Waals surface area contributed by atoms with Gasteiger partial charge in [-0.05, 0) is 6.92 Å². The minimum absolute atomic E-state index is 0.660. The lowest BCUT2D eigenvalue weighted by molar-refractivity contribution is 0.270. The molecule has 0 aromatic carbocycles. The van der Waals surface area contributed by atoms with Gasteiger partial charge in [0.15, 0.2) is 0 Å². The maximum absolute atomic E-state index is 5.38.